The van der Waals surface area contributed by atoms with Crippen molar-refractivity contribution in [3.63, 3.8) is 0 Å². The van der Waals surface area contributed by atoms with Crippen molar-refractivity contribution in [3.05, 3.63) is 60.7 Å². The normalized spacial score (nSPS) is 12.0. The number of rotatable bonds is 14. The van der Waals surface area contributed by atoms with Crippen LogP contribution in [0, 0.1) is 0 Å². The third-order valence-corrected chi connectivity index (χ3v) is 6.72. The van der Waals surface area contributed by atoms with E-state index in [4.69, 9.17) is 21.3 Å². The number of isothiocyanates is 1. The minimum atomic E-state index is -3.65. The van der Waals surface area contributed by atoms with Crippen LogP contribution in [0.1, 0.15) is 58.3 Å². The standard InChI is InChI=1S/C23H30NO3PS/c1-2-3-4-5-6-7-14-19-23(24-20-29)28(25,26-21-15-10-8-11-16-21)27-22-17-12-9-13-18-22/h8-13,15-18,23H,2-7,14,19H2,1H3. The smallest absolute Gasteiger partial charge is 0.415 e. The molecule has 2 aromatic carbocycles. The predicted molar refractivity (Wildman–Crippen MR) is 123 cm³/mol. The Hall–Kier alpha value is -1.93. The molecule has 0 bridgehead atoms. The highest BCUT2D eigenvalue weighted by atomic mass is 32.1. The largest absolute Gasteiger partial charge is 0.455 e. The summed E-state index contributed by atoms with van der Waals surface area (Å²) in [4.78, 5) is 4.19. The number of thiocarbonyl (C=S) groups is 1. The molecule has 6 heteroatoms. The fourth-order valence-electron chi connectivity index (χ4n) is 3.04. The minimum absolute atomic E-state index is 0.482. The third-order valence-electron chi connectivity index (χ3n) is 4.58. The van der Waals surface area contributed by atoms with E-state index >= 15 is 0 Å². The van der Waals surface area contributed by atoms with Crippen LogP contribution >= 0.6 is 19.8 Å². The topological polar surface area (TPSA) is 47.9 Å². The van der Waals surface area contributed by atoms with Crippen LogP contribution in [0.4, 0.5) is 0 Å². The lowest BCUT2D eigenvalue weighted by Gasteiger charge is -2.24. The lowest BCUT2D eigenvalue weighted by molar-refractivity contribution is 0.367. The predicted octanol–water partition coefficient (Wildman–Crippen LogP) is 7.91. The highest BCUT2D eigenvalue weighted by Crippen LogP contribution is 2.54. The summed E-state index contributed by atoms with van der Waals surface area (Å²) >= 11 is 4.83. The van der Waals surface area contributed by atoms with E-state index in [9.17, 15) is 4.57 Å². The van der Waals surface area contributed by atoms with Crippen LogP contribution in [0.3, 0.4) is 0 Å². The van der Waals surface area contributed by atoms with Crippen LogP contribution in [0.5, 0.6) is 11.5 Å². The summed E-state index contributed by atoms with van der Waals surface area (Å²) in [6.45, 7) is 2.21. The maximum atomic E-state index is 13.8. The van der Waals surface area contributed by atoms with Crippen LogP contribution in [0.15, 0.2) is 65.7 Å². The Bertz CT molecular complexity index is 749. The molecule has 0 amide bonds. The molecule has 0 aliphatic carbocycles. The van der Waals surface area contributed by atoms with Crippen LogP contribution in [0.25, 0.3) is 0 Å². The van der Waals surface area contributed by atoms with Gasteiger partial charge in [0.15, 0.2) is 5.78 Å². The van der Waals surface area contributed by atoms with Gasteiger partial charge in [-0.15, -0.1) is 0 Å². The number of para-hydroxylation sites is 2. The number of benzene rings is 2. The number of aliphatic imine (C=N–C) groups is 1. The lowest BCUT2D eigenvalue weighted by Crippen LogP contribution is -2.15. The maximum Gasteiger partial charge on any atom is 0.455 e. The van der Waals surface area contributed by atoms with E-state index in [0.29, 0.717) is 17.9 Å². The van der Waals surface area contributed by atoms with Crippen LogP contribution in [0.2, 0.25) is 0 Å². The van der Waals surface area contributed by atoms with Gasteiger partial charge in [-0.1, -0.05) is 88.3 Å². The highest BCUT2D eigenvalue weighted by Gasteiger charge is 2.39. The van der Waals surface area contributed by atoms with Gasteiger partial charge in [-0.3, -0.25) is 0 Å². The molecule has 1 unspecified atom stereocenters. The Morgan fingerprint density at radius 1 is 0.862 bits per heavy atom. The van der Waals surface area contributed by atoms with Gasteiger partial charge >= 0.3 is 7.60 Å². The molecular weight excluding hydrogens is 401 g/mol. The number of hydrogen-bond donors (Lipinski definition) is 0. The van der Waals surface area contributed by atoms with Crippen molar-refractivity contribution in [2.24, 2.45) is 4.99 Å². The van der Waals surface area contributed by atoms with E-state index in [1.165, 1.54) is 25.7 Å². The van der Waals surface area contributed by atoms with Crippen molar-refractivity contribution >= 4 is 25.0 Å². The zero-order valence-corrected chi connectivity index (χ0v) is 18.7. The molecule has 0 heterocycles. The van der Waals surface area contributed by atoms with Gasteiger partial charge < -0.3 is 9.05 Å². The summed E-state index contributed by atoms with van der Waals surface area (Å²) < 4.78 is 25.6. The Labute approximate surface area is 179 Å². The Morgan fingerprint density at radius 3 is 1.83 bits per heavy atom. The molecule has 2 aromatic rings. The second kappa shape index (κ2) is 13.3. The summed E-state index contributed by atoms with van der Waals surface area (Å²) in [7, 11) is -3.65. The van der Waals surface area contributed by atoms with Gasteiger partial charge in [-0.05, 0) is 42.9 Å². The highest BCUT2D eigenvalue weighted by molar-refractivity contribution is 7.78. The summed E-state index contributed by atoms with van der Waals surface area (Å²) in [5.41, 5.74) is 0. The molecule has 0 spiro atoms. The minimum Gasteiger partial charge on any atom is -0.415 e. The molecule has 29 heavy (non-hydrogen) atoms. The molecule has 0 aliphatic heterocycles. The maximum absolute atomic E-state index is 13.8. The molecule has 2 rings (SSSR count). The van der Waals surface area contributed by atoms with Crippen molar-refractivity contribution in [1.29, 1.82) is 0 Å². The second-order valence-corrected chi connectivity index (χ2v) is 9.18. The molecule has 0 fully saturated rings. The Morgan fingerprint density at radius 2 is 1.34 bits per heavy atom. The summed E-state index contributed by atoms with van der Waals surface area (Å²) in [6, 6.07) is 18.1. The van der Waals surface area contributed by atoms with Crippen molar-refractivity contribution < 1.29 is 13.6 Å². The van der Waals surface area contributed by atoms with Crippen molar-refractivity contribution in [3.8, 4) is 11.5 Å². The van der Waals surface area contributed by atoms with Gasteiger partial charge in [-0.25, -0.2) is 9.56 Å². The first-order valence-corrected chi connectivity index (χ1v) is 12.4. The van der Waals surface area contributed by atoms with Gasteiger partial charge in [0.05, 0.1) is 5.16 Å². The average Bonchev–Trinajstić information content (AvgIpc) is 2.73. The number of hydrogen-bond acceptors (Lipinski definition) is 5. The third kappa shape index (κ3) is 8.53. The molecular formula is C23H30NO3PS. The van der Waals surface area contributed by atoms with Crippen LogP contribution in [-0.2, 0) is 4.57 Å². The first-order valence-electron chi connectivity index (χ1n) is 10.3. The Kier molecular flexibility index (Phi) is 10.7. The molecule has 0 aliphatic rings. The van der Waals surface area contributed by atoms with Crippen molar-refractivity contribution in [2.45, 2.75) is 64.1 Å². The fraction of sp³-hybridized carbons (Fsp3) is 0.435. The zero-order chi connectivity index (χ0) is 20.8. The average molecular weight is 432 g/mol. The van der Waals surface area contributed by atoms with E-state index in [1.54, 1.807) is 24.3 Å². The zero-order valence-electron chi connectivity index (χ0n) is 17.0. The number of nitrogens with zero attached hydrogens (tertiary/aromatic N) is 1. The van der Waals surface area contributed by atoms with Gasteiger partial charge in [0.2, 0.25) is 0 Å². The quantitative estimate of drug-likeness (QED) is 0.132. The molecule has 156 valence electrons. The molecule has 4 nitrogen and oxygen atoms in total. The van der Waals surface area contributed by atoms with E-state index in [2.05, 4.69) is 17.1 Å². The van der Waals surface area contributed by atoms with Gasteiger partial charge in [0, 0.05) is 0 Å². The fourth-order valence-corrected chi connectivity index (χ4v) is 5.05. The summed E-state index contributed by atoms with van der Waals surface area (Å²) in [5, 5.41) is 2.39. The van der Waals surface area contributed by atoms with Gasteiger partial charge in [0.25, 0.3) is 0 Å². The van der Waals surface area contributed by atoms with E-state index in [0.717, 1.165) is 19.3 Å². The molecule has 0 saturated carbocycles. The monoisotopic (exact) mass is 431 g/mol. The number of unbranched alkanes of at least 4 members (excludes halogenated alkanes) is 6. The Balaban J connectivity index is 2.10. The van der Waals surface area contributed by atoms with Crippen molar-refractivity contribution in [2.75, 3.05) is 0 Å². The summed E-state index contributed by atoms with van der Waals surface area (Å²) in [5.74, 6) is 0.280. The second-order valence-electron chi connectivity index (χ2n) is 6.96. The SMILES string of the molecule is CCCCCCCCCC(N=C=S)P(=O)(Oc1ccccc1)Oc1ccccc1. The lowest BCUT2D eigenvalue weighted by atomic mass is 10.1. The van der Waals surface area contributed by atoms with E-state index < -0.39 is 13.4 Å². The van der Waals surface area contributed by atoms with Crippen LogP contribution in [-0.4, -0.2) is 10.9 Å². The molecule has 0 radical (unpaired) electrons. The van der Waals surface area contributed by atoms with Gasteiger partial charge in [0.1, 0.15) is 11.5 Å². The van der Waals surface area contributed by atoms with E-state index in [-0.39, 0.29) is 0 Å². The van der Waals surface area contributed by atoms with E-state index in [1.807, 2.05) is 36.4 Å². The molecule has 1 atom stereocenters. The first kappa shape index (κ1) is 23.3. The van der Waals surface area contributed by atoms with Crippen LogP contribution < -0.4 is 9.05 Å². The molecule has 0 N–H and O–H groups in total. The summed E-state index contributed by atoms with van der Waals surface area (Å²) in [6.07, 6.45) is 8.71. The molecule has 0 saturated heterocycles. The van der Waals surface area contributed by atoms with Gasteiger partial charge in [-0.2, -0.15) is 0 Å². The van der Waals surface area contributed by atoms with Crippen molar-refractivity contribution in [1.82, 2.24) is 0 Å². The molecule has 0 aromatic heterocycles. The first-order chi connectivity index (χ1) is 14.2.